The average Bonchev–Trinajstić information content (AvgIpc) is 3.33. The first-order valence-corrected chi connectivity index (χ1v) is 10.1. The molecule has 3 rings (SSSR count). The number of rotatable bonds is 5. The molecule has 8 heteroatoms. The molecule has 0 aliphatic carbocycles. The Morgan fingerprint density at radius 3 is 2.50 bits per heavy atom. The molecule has 7 nitrogen and oxygen atoms in total. The van der Waals surface area contributed by atoms with E-state index in [1.165, 1.54) is 0 Å². The Labute approximate surface area is 169 Å². The van der Waals surface area contributed by atoms with Crippen molar-refractivity contribution in [2.45, 2.75) is 25.7 Å². The van der Waals surface area contributed by atoms with Crippen LogP contribution in [0.1, 0.15) is 31.2 Å². The summed E-state index contributed by atoms with van der Waals surface area (Å²) in [5, 5.41) is 12.1. The molecule has 3 amide bonds. The molecule has 2 heterocycles. The first-order valence-electron chi connectivity index (χ1n) is 9.67. The number of carbonyl (C=O) groups is 3. The summed E-state index contributed by atoms with van der Waals surface area (Å²) >= 11 is 5.99. The molecule has 0 spiro atoms. The van der Waals surface area contributed by atoms with E-state index in [2.05, 4.69) is 5.32 Å². The Balaban J connectivity index is 1.70. The van der Waals surface area contributed by atoms with Crippen LogP contribution in [-0.4, -0.2) is 65.5 Å². The summed E-state index contributed by atoms with van der Waals surface area (Å²) in [5.41, 5.74) is 1.05. The van der Waals surface area contributed by atoms with Crippen molar-refractivity contribution in [1.29, 1.82) is 0 Å². The number of likely N-dealkylation sites (tertiary alicyclic amines) is 2. The van der Waals surface area contributed by atoms with Crippen LogP contribution in [0, 0.1) is 11.8 Å². The molecular formula is C20H26ClN3O4. The van der Waals surface area contributed by atoms with Crippen molar-refractivity contribution < 1.29 is 19.5 Å². The summed E-state index contributed by atoms with van der Waals surface area (Å²) in [6, 6.07) is 7.50. The molecule has 0 aromatic heterocycles. The minimum Gasteiger partial charge on any atom is -0.465 e. The Morgan fingerprint density at radius 2 is 1.86 bits per heavy atom. The maximum Gasteiger partial charge on any atom is 0.404 e. The van der Waals surface area contributed by atoms with E-state index in [-0.39, 0.29) is 36.1 Å². The summed E-state index contributed by atoms with van der Waals surface area (Å²) in [5.74, 6) is 0.00823. The van der Waals surface area contributed by atoms with Gasteiger partial charge in [0.25, 0.3) is 0 Å². The van der Waals surface area contributed by atoms with E-state index in [4.69, 9.17) is 16.7 Å². The van der Waals surface area contributed by atoms with Gasteiger partial charge < -0.3 is 20.2 Å². The van der Waals surface area contributed by atoms with Gasteiger partial charge in [-0.05, 0) is 24.1 Å². The Bertz CT molecular complexity index is 739. The Kier molecular flexibility index (Phi) is 6.44. The van der Waals surface area contributed by atoms with Gasteiger partial charge in [0.05, 0.1) is 5.92 Å². The van der Waals surface area contributed by atoms with Gasteiger partial charge in [-0.25, -0.2) is 4.79 Å². The van der Waals surface area contributed by atoms with Crippen molar-refractivity contribution in [3.05, 3.63) is 34.9 Å². The summed E-state index contributed by atoms with van der Waals surface area (Å²) in [7, 11) is 0. The topological polar surface area (TPSA) is 90.0 Å². The second-order valence-electron chi connectivity index (χ2n) is 7.53. The lowest BCUT2D eigenvalue weighted by Gasteiger charge is -2.21. The standard InChI is InChI=1S/C20H26ClN3O4/c1-2-18(25)23-8-7-14(10-23)19(26)24-11-15(9-22-20(27)28)17(12-24)13-3-5-16(21)6-4-13/h3-6,14-15,17,22H,2,7-12H2,1H3,(H,27,28)/t14?,15-,17-/m0/s1. The maximum atomic E-state index is 13.0. The van der Waals surface area contributed by atoms with Gasteiger partial charge in [0.2, 0.25) is 11.8 Å². The molecule has 2 aliphatic heterocycles. The molecule has 2 saturated heterocycles. The van der Waals surface area contributed by atoms with Crippen molar-refractivity contribution >= 4 is 29.5 Å². The lowest BCUT2D eigenvalue weighted by Crippen LogP contribution is -2.37. The van der Waals surface area contributed by atoms with Crippen LogP contribution in [0.5, 0.6) is 0 Å². The minimum absolute atomic E-state index is 0.00370. The van der Waals surface area contributed by atoms with Crippen molar-refractivity contribution in [2.75, 3.05) is 32.7 Å². The van der Waals surface area contributed by atoms with E-state index in [0.717, 1.165) is 5.56 Å². The fourth-order valence-electron chi connectivity index (χ4n) is 4.23. The molecule has 152 valence electrons. The van der Waals surface area contributed by atoms with Crippen LogP contribution in [0.15, 0.2) is 24.3 Å². The van der Waals surface area contributed by atoms with Crippen LogP contribution in [0.4, 0.5) is 4.79 Å². The van der Waals surface area contributed by atoms with Gasteiger partial charge >= 0.3 is 6.09 Å². The molecule has 28 heavy (non-hydrogen) atoms. The van der Waals surface area contributed by atoms with Crippen LogP contribution in [0.25, 0.3) is 0 Å². The Morgan fingerprint density at radius 1 is 1.14 bits per heavy atom. The number of nitrogens with one attached hydrogen (secondary N) is 1. The van der Waals surface area contributed by atoms with Gasteiger partial charge in [-0.2, -0.15) is 0 Å². The van der Waals surface area contributed by atoms with E-state index in [1.54, 1.807) is 4.90 Å². The summed E-state index contributed by atoms with van der Waals surface area (Å²) < 4.78 is 0. The molecule has 2 N–H and O–H groups in total. The minimum atomic E-state index is -1.07. The molecule has 1 aromatic carbocycles. The number of benzene rings is 1. The quantitative estimate of drug-likeness (QED) is 0.784. The third-order valence-electron chi connectivity index (χ3n) is 5.76. The highest BCUT2D eigenvalue weighted by atomic mass is 35.5. The molecule has 3 atom stereocenters. The van der Waals surface area contributed by atoms with Gasteiger partial charge in [-0.1, -0.05) is 30.7 Å². The zero-order valence-corrected chi connectivity index (χ0v) is 16.7. The van der Waals surface area contributed by atoms with E-state index in [1.807, 2.05) is 36.1 Å². The van der Waals surface area contributed by atoms with Gasteiger partial charge in [0.1, 0.15) is 0 Å². The second kappa shape index (κ2) is 8.82. The molecule has 2 aliphatic rings. The van der Waals surface area contributed by atoms with Gasteiger partial charge in [0.15, 0.2) is 0 Å². The first-order chi connectivity index (χ1) is 13.4. The number of halogens is 1. The van der Waals surface area contributed by atoms with Crippen molar-refractivity contribution in [3.63, 3.8) is 0 Å². The number of hydrogen-bond donors (Lipinski definition) is 2. The zero-order valence-electron chi connectivity index (χ0n) is 15.9. The summed E-state index contributed by atoms with van der Waals surface area (Å²) in [4.78, 5) is 39.5. The highest BCUT2D eigenvalue weighted by Crippen LogP contribution is 2.34. The van der Waals surface area contributed by atoms with E-state index < -0.39 is 6.09 Å². The smallest absolute Gasteiger partial charge is 0.404 e. The lowest BCUT2D eigenvalue weighted by atomic mass is 9.89. The van der Waals surface area contributed by atoms with Gasteiger partial charge in [-0.3, -0.25) is 9.59 Å². The molecule has 0 radical (unpaired) electrons. The number of carboxylic acid groups (broad SMARTS) is 1. The lowest BCUT2D eigenvalue weighted by molar-refractivity contribution is -0.134. The van der Waals surface area contributed by atoms with E-state index in [9.17, 15) is 14.4 Å². The SMILES string of the molecule is CCC(=O)N1CCC(C(=O)N2C[C@H](CNC(=O)O)[C@H](c3ccc(Cl)cc3)C2)C1. The molecule has 2 fully saturated rings. The normalized spacial score (nSPS) is 24.4. The van der Waals surface area contributed by atoms with Gasteiger partial charge in [0, 0.05) is 56.0 Å². The van der Waals surface area contributed by atoms with Crippen molar-refractivity contribution in [3.8, 4) is 0 Å². The monoisotopic (exact) mass is 407 g/mol. The molecule has 1 unspecified atom stereocenters. The summed E-state index contributed by atoms with van der Waals surface area (Å²) in [6.07, 6.45) is 0.0702. The predicted molar refractivity (Wildman–Crippen MR) is 105 cm³/mol. The first kappa shape index (κ1) is 20.5. The van der Waals surface area contributed by atoms with Crippen LogP contribution >= 0.6 is 11.6 Å². The zero-order chi connectivity index (χ0) is 20.3. The second-order valence-corrected chi connectivity index (χ2v) is 7.96. The average molecular weight is 408 g/mol. The number of carbonyl (C=O) groups excluding carboxylic acids is 2. The number of hydrogen-bond acceptors (Lipinski definition) is 3. The third kappa shape index (κ3) is 4.58. The Hall–Kier alpha value is -2.28. The third-order valence-corrected chi connectivity index (χ3v) is 6.01. The number of amides is 3. The number of nitrogens with zero attached hydrogens (tertiary/aromatic N) is 2. The van der Waals surface area contributed by atoms with E-state index >= 15 is 0 Å². The van der Waals surface area contributed by atoms with Crippen LogP contribution < -0.4 is 5.32 Å². The van der Waals surface area contributed by atoms with E-state index in [0.29, 0.717) is 44.0 Å². The highest BCUT2D eigenvalue weighted by molar-refractivity contribution is 6.30. The maximum absolute atomic E-state index is 13.0. The molecule has 1 aromatic rings. The highest BCUT2D eigenvalue weighted by Gasteiger charge is 2.40. The predicted octanol–water partition coefficient (Wildman–Crippen LogP) is 2.41. The van der Waals surface area contributed by atoms with Gasteiger partial charge in [-0.15, -0.1) is 0 Å². The van der Waals surface area contributed by atoms with Crippen LogP contribution in [0.3, 0.4) is 0 Å². The van der Waals surface area contributed by atoms with Crippen LogP contribution in [0.2, 0.25) is 5.02 Å². The molecule has 0 bridgehead atoms. The molecule has 0 saturated carbocycles. The summed E-state index contributed by atoms with van der Waals surface area (Å²) in [6.45, 7) is 4.27. The van der Waals surface area contributed by atoms with Crippen molar-refractivity contribution in [2.24, 2.45) is 11.8 Å². The van der Waals surface area contributed by atoms with Crippen LogP contribution in [-0.2, 0) is 9.59 Å². The van der Waals surface area contributed by atoms with Crippen molar-refractivity contribution in [1.82, 2.24) is 15.1 Å². The largest absolute Gasteiger partial charge is 0.465 e. The molecular weight excluding hydrogens is 382 g/mol. The fourth-order valence-corrected chi connectivity index (χ4v) is 4.36. The fraction of sp³-hybridized carbons (Fsp3) is 0.550.